The van der Waals surface area contributed by atoms with E-state index < -0.39 is 5.97 Å². The van der Waals surface area contributed by atoms with Gasteiger partial charge in [-0.15, -0.1) is 11.8 Å². The second kappa shape index (κ2) is 4.84. The van der Waals surface area contributed by atoms with Gasteiger partial charge in [0.1, 0.15) is 0 Å². The maximum absolute atomic E-state index is 10.6. The van der Waals surface area contributed by atoms with Crippen LogP contribution in [0.2, 0.25) is 0 Å². The minimum absolute atomic E-state index is 0.0707. The molecule has 1 unspecified atom stereocenters. The molecule has 0 spiro atoms. The molecular formula is C11H11NO2S2. The van der Waals surface area contributed by atoms with E-state index in [1.165, 1.54) is 11.5 Å². The van der Waals surface area contributed by atoms with Gasteiger partial charge < -0.3 is 5.11 Å². The molecule has 0 aliphatic carbocycles. The standard InChI is InChI=1S/C11H11NO2S2/c1-7(6-10(13)14)15-11-8-4-2-3-5-9(8)12-16-11/h2-5,7H,6H2,1H3,(H,13,14). The summed E-state index contributed by atoms with van der Waals surface area (Å²) in [5.74, 6) is -0.756. The third-order valence-corrected chi connectivity index (χ3v) is 4.31. The van der Waals surface area contributed by atoms with E-state index in [-0.39, 0.29) is 11.7 Å². The lowest BCUT2D eigenvalue weighted by Crippen LogP contribution is -2.04. The van der Waals surface area contributed by atoms with Crippen molar-refractivity contribution in [3.05, 3.63) is 24.3 Å². The third-order valence-electron chi connectivity index (χ3n) is 2.12. The summed E-state index contributed by atoms with van der Waals surface area (Å²) in [5, 5.41) is 9.89. The van der Waals surface area contributed by atoms with Gasteiger partial charge in [-0.05, 0) is 17.6 Å². The minimum Gasteiger partial charge on any atom is -0.481 e. The third kappa shape index (κ3) is 2.54. The Kier molecular flexibility index (Phi) is 3.46. The lowest BCUT2D eigenvalue weighted by molar-refractivity contribution is -0.136. The molecule has 2 aromatic rings. The number of aliphatic carboxylic acids is 1. The number of carbonyl (C=O) groups is 1. The largest absolute Gasteiger partial charge is 0.481 e. The quantitative estimate of drug-likeness (QED) is 0.850. The van der Waals surface area contributed by atoms with Crippen LogP contribution in [0.1, 0.15) is 13.3 Å². The van der Waals surface area contributed by atoms with E-state index in [2.05, 4.69) is 4.37 Å². The molecule has 0 aliphatic heterocycles. The molecule has 84 valence electrons. The van der Waals surface area contributed by atoms with E-state index in [1.807, 2.05) is 31.2 Å². The average Bonchev–Trinajstić information content (AvgIpc) is 2.61. The first-order valence-electron chi connectivity index (χ1n) is 4.89. The van der Waals surface area contributed by atoms with E-state index in [1.54, 1.807) is 11.8 Å². The Hall–Kier alpha value is -1.07. The van der Waals surface area contributed by atoms with Gasteiger partial charge in [-0.3, -0.25) is 4.79 Å². The number of rotatable bonds is 4. The van der Waals surface area contributed by atoms with Crippen LogP contribution in [0.4, 0.5) is 0 Å². The number of aromatic nitrogens is 1. The van der Waals surface area contributed by atoms with E-state index in [4.69, 9.17) is 5.11 Å². The van der Waals surface area contributed by atoms with Crippen LogP contribution in [-0.2, 0) is 4.79 Å². The first-order chi connectivity index (χ1) is 7.66. The van der Waals surface area contributed by atoms with Crippen molar-refractivity contribution in [1.29, 1.82) is 0 Å². The molecule has 16 heavy (non-hydrogen) atoms. The van der Waals surface area contributed by atoms with Crippen molar-refractivity contribution >= 4 is 40.2 Å². The number of thioether (sulfide) groups is 1. The molecule has 0 bridgehead atoms. The van der Waals surface area contributed by atoms with Crippen LogP contribution in [0.15, 0.2) is 28.5 Å². The zero-order valence-electron chi connectivity index (χ0n) is 8.71. The van der Waals surface area contributed by atoms with E-state index in [0.717, 1.165) is 15.1 Å². The van der Waals surface area contributed by atoms with Gasteiger partial charge in [0.2, 0.25) is 0 Å². The molecule has 0 saturated carbocycles. The first-order valence-corrected chi connectivity index (χ1v) is 6.55. The molecule has 0 amide bonds. The Bertz CT molecular complexity index is 509. The molecule has 1 heterocycles. The van der Waals surface area contributed by atoms with Crippen molar-refractivity contribution in [3.8, 4) is 0 Å². The van der Waals surface area contributed by atoms with Gasteiger partial charge in [-0.2, -0.15) is 4.37 Å². The Morgan fingerprint density at radius 3 is 3.06 bits per heavy atom. The molecule has 1 aromatic heterocycles. The molecule has 0 fully saturated rings. The van der Waals surface area contributed by atoms with Crippen LogP contribution in [-0.4, -0.2) is 20.7 Å². The maximum atomic E-state index is 10.6. The van der Waals surface area contributed by atoms with Crippen molar-refractivity contribution < 1.29 is 9.90 Å². The Morgan fingerprint density at radius 2 is 2.31 bits per heavy atom. The summed E-state index contributed by atoms with van der Waals surface area (Å²) in [7, 11) is 0. The monoisotopic (exact) mass is 253 g/mol. The highest BCUT2D eigenvalue weighted by Crippen LogP contribution is 2.35. The van der Waals surface area contributed by atoms with Gasteiger partial charge in [-0.25, -0.2) is 0 Å². The summed E-state index contributed by atoms with van der Waals surface area (Å²) in [6, 6.07) is 7.92. The molecule has 1 atom stereocenters. The highest BCUT2D eigenvalue weighted by Gasteiger charge is 2.13. The second-order valence-corrected chi connectivity index (χ2v) is 5.99. The molecule has 1 N–H and O–H groups in total. The van der Waals surface area contributed by atoms with Crippen LogP contribution in [0.3, 0.4) is 0 Å². The van der Waals surface area contributed by atoms with Gasteiger partial charge in [0, 0.05) is 10.6 Å². The number of carboxylic acids is 1. The fraction of sp³-hybridized carbons (Fsp3) is 0.273. The van der Waals surface area contributed by atoms with Gasteiger partial charge >= 0.3 is 5.97 Å². The lowest BCUT2D eigenvalue weighted by atomic mass is 10.3. The number of carboxylic acid groups (broad SMARTS) is 1. The predicted molar refractivity (Wildman–Crippen MR) is 67.2 cm³/mol. The first kappa shape index (κ1) is 11.4. The highest BCUT2D eigenvalue weighted by atomic mass is 32.2. The Balaban J connectivity index is 2.18. The summed E-state index contributed by atoms with van der Waals surface area (Å²) < 4.78 is 5.43. The summed E-state index contributed by atoms with van der Waals surface area (Å²) in [4.78, 5) is 10.6. The fourth-order valence-corrected chi connectivity index (χ4v) is 3.70. The average molecular weight is 253 g/mol. The Morgan fingerprint density at radius 1 is 1.56 bits per heavy atom. The van der Waals surface area contributed by atoms with Crippen LogP contribution in [0.25, 0.3) is 10.9 Å². The molecule has 5 heteroatoms. The fourth-order valence-electron chi connectivity index (χ4n) is 1.42. The van der Waals surface area contributed by atoms with Crippen molar-refractivity contribution in [2.24, 2.45) is 0 Å². The molecule has 3 nitrogen and oxygen atoms in total. The van der Waals surface area contributed by atoms with Crippen LogP contribution in [0.5, 0.6) is 0 Å². The lowest BCUT2D eigenvalue weighted by Gasteiger charge is -2.05. The normalized spacial score (nSPS) is 12.8. The van der Waals surface area contributed by atoms with E-state index >= 15 is 0 Å². The summed E-state index contributed by atoms with van der Waals surface area (Å²) in [6.07, 6.45) is 0.177. The number of benzene rings is 1. The molecule has 0 radical (unpaired) electrons. The SMILES string of the molecule is CC(CC(=O)O)Sc1snc2ccccc12. The molecule has 2 rings (SSSR count). The molecule has 0 aliphatic rings. The van der Waals surface area contributed by atoms with Crippen molar-refractivity contribution in [1.82, 2.24) is 4.37 Å². The van der Waals surface area contributed by atoms with E-state index in [9.17, 15) is 4.79 Å². The van der Waals surface area contributed by atoms with Crippen LogP contribution >= 0.6 is 23.3 Å². The van der Waals surface area contributed by atoms with Gasteiger partial charge in [-0.1, -0.05) is 25.1 Å². The van der Waals surface area contributed by atoms with Crippen molar-refractivity contribution in [2.75, 3.05) is 0 Å². The number of hydrogen-bond donors (Lipinski definition) is 1. The summed E-state index contributed by atoms with van der Waals surface area (Å²) in [5.41, 5.74) is 0.984. The summed E-state index contributed by atoms with van der Waals surface area (Å²) >= 11 is 3.02. The smallest absolute Gasteiger partial charge is 0.304 e. The highest BCUT2D eigenvalue weighted by molar-refractivity contribution is 8.01. The van der Waals surface area contributed by atoms with Gasteiger partial charge in [0.15, 0.2) is 0 Å². The number of hydrogen-bond acceptors (Lipinski definition) is 4. The zero-order chi connectivity index (χ0) is 11.5. The predicted octanol–water partition coefficient (Wildman–Crippen LogP) is 3.25. The van der Waals surface area contributed by atoms with Crippen LogP contribution in [0, 0.1) is 0 Å². The van der Waals surface area contributed by atoms with Gasteiger partial charge in [0.05, 0.1) is 16.1 Å². The molecule has 0 saturated heterocycles. The molecule has 1 aromatic carbocycles. The van der Waals surface area contributed by atoms with Crippen molar-refractivity contribution in [3.63, 3.8) is 0 Å². The minimum atomic E-state index is -0.756. The molecular weight excluding hydrogens is 242 g/mol. The van der Waals surface area contributed by atoms with Crippen molar-refractivity contribution in [2.45, 2.75) is 22.8 Å². The maximum Gasteiger partial charge on any atom is 0.304 e. The Labute approximate surface area is 102 Å². The van der Waals surface area contributed by atoms with Crippen LogP contribution < -0.4 is 0 Å². The topological polar surface area (TPSA) is 50.2 Å². The van der Waals surface area contributed by atoms with E-state index in [0.29, 0.717) is 0 Å². The number of fused-ring (bicyclic) bond motifs is 1. The van der Waals surface area contributed by atoms with Gasteiger partial charge in [0.25, 0.3) is 0 Å². The number of nitrogens with zero attached hydrogens (tertiary/aromatic N) is 1. The summed E-state index contributed by atoms with van der Waals surface area (Å²) in [6.45, 7) is 1.92. The second-order valence-electron chi connectivity index (χ2n) is 3.51. The zero-order valence-corrected chi connectivity index (χ0v) is 10.3.